The molecule has 0 aliphatic carbocycles. The molecule has 2 aliphatic rings. The van der Waals surface area contributed by atoms with Crippen molar-refractivity contribution in [2.75, 3.05) is 39.8 Å². The topological polar surface area (TPSA) is 35.6 Å². The molecule has 0 spiro atoms. The smallest absolute Gasteiger partial charge is 0.239 e. The van der Waals surface area contributed by atoms with Crippen molar-refractivity contribution in [3.8, 4) is 0 Å². The van der Waals surface area contributed by atoms with E-state index in [1.807, 2.05) is 7.05 Å². The van der Waals surface area contributed by atoms with Crippen molar-refractivity contribution in [3.63, 3.8) is 0 Å². The molecule has 0 bridgehead atoms. The van der Waals surface area contributed by atoms with E-state index in [9.17, 15) is 4.79 Å². The van der Waals surface area contributed by atoms with Crippen LogP contribution < -0.4 is 5.32 Å². The number of hydrogen-bond donors (Lipinski definition) is 1. The van der Waals surface area contributed by atoms with Crippen LogP contribution in [0.1, 0.15) is 39.0 Å². The average molecular weight is 267 g/mol. The Balaban J connectivity index is 1.91. The zero-order chi connectivity index (χ0) is 13.7. The second-order valence-electron chi connectivity index (χ2n) is 6.04. The van der Waals surface area contributed by atoms with Crippen LogP contribution in [0.15, 0.2) is 0 Å². The van der Waals surface area contributed by atoms with E-state index in [0.717, 1.165) is 45.6 Å². The summed E-state index contributed by atoms with van der Waals surface area (Å²) in [4.78, 5) is 17.2. The van der Waals surface area contributed by atoms with Gasteiger partial charge in [0.15, 0.2) is 0 Å². The zero-order valence-corrected chi connectivity index (χ0v) is 12.5. The monoisotopic (exact) mass is 267 g/mol. The quantitative estimate of drug-likeness (QED) is 0.816. The number of carbonyl (C=O) groups is 1. The molecule has 2 heterocycles. The summed E-state index contributed by atoms with van der Waals surface area (Å²) in [7, 11) is 2.00. The molecular formula is C15H29N3O. The fourth-order valence-corrected chi connectivity index (χ4v) is 3.59. The van der Waals surface area contributed by atoms with E-state index in [-0.39, 0.29) is 6.04 Å². The third kappa shape index (κ3) is 3.69. The second kappa shape index (κ2) is 7.25. The van der Waals surface area contributed by atoms with Crippen LogP contribution in [0.4, 0.5) is 0 Å². The van der Waals surface area contributed by atoms with Gasteiger partial charge in [0.25, 0.3) is 0 Å². The van der Waals surface area contributed by atoms with Gasteiger partial charge in [-0.25, -0.2) is 0 Å². The van der Waals surface area contributed by atoms with Gasteiger partial charge >= 0.3 is 0 Å². The number of hydrogen-bond acceptors (Lipinski definition) is 3. The number of piperidine rings is 1. The lowest BCUT2D eigenvalue weighted by Gasteiger charge is -2.36. The van der Waals surface area contributed by atoms with Gasteiger partial charge in [-0.15, -0.1) is 0 Å². The first-order chi connectivity index (χ1) is 9.26. The lowest BCUT2D eigenvalue weighted by molar-refractivity contribution is -0.137. The Hall–Kier alpha value is -0.610. The molecule has 2 aliphatic heterocycles. The number of nitrogens with one attached hydrogen (secondary N) is 1. The molecule has 0 radical (unpaired) electrons. The van der Waals surface area contributed by atoms with Gasteiger partial charge < -0.3 is 10.2 Å². The van der Waals surface area contributed by atoms with Crippen LogP contribution in [0.2, 0.25) is 0 Å². The molecule has 2 rings (SSSR count). The van der Waals surface area contributed by atoms with Crippen molar-refractivity contribution in [2.45, 2.75) is 45.1 Å². The Bertz CT molecular complexity index is 293. The molecule has 2 saturated heterocycles. The minimum absolute atomic E-state index is 0.174. The van der Waals surface area contributed by atoms with Gasteiger partial charge in [0, 0.05) is 13.1 Å². The molecule has 2 fully saturated rings. The molecule has 4 nitrogen and oxygen atoms in total. The fourth-order valence-electron chi connectivity index (χ4n) is 3.59. The van der Waals surface area contributed by atoms with E-state index in [2.05, 4.69) is 22.0 Å². The Morgan fingerprint density at radius 2 is 2.05 bits per heavy atom. The maximum Gasteiger partial charge on any atom is 0.239 e. The van der Waals surface area contributed by atoms with Crippen LogP contribution in [0.3, 0.4) is 0 Å². The van der Waals surface area contributed by atoms with Crippen LogP contribution in [0, 0.1) is 5.92 Å². The van der Waals surface area contributed by atoms with Gasteiger partial charge in [0.2, 0.25) is 5.91 Å². The first kappa shape index (κ1) is 14.8. The van der Waals surface area contributed by atoms with Crippen LogP contribution in [0.5, 0.6) is 0 Å². The van der Waals surface area contributed by atoms with Crippen molar-refractivity contribution in [2.24, 2.45) is 5.92 Å². The van der Waals surface area contributed by atoms with Crippen molar-refractivity contribution >= 4 is 5.91 Å². The lowest BCUT2D eigenvalue weighted by atomic mass is 9.97. The SMILES string of the molecule is CCCN1CCCC1C(=O)N1CCCC(CNC)C1. The lowest BCUT2D eigenvalue weighted by Crippen LogP contribution is -2.50. The van der Waals surface area contributed by atoms with Crippen molar-refractivity contribution in [1.29, 1.82) is 0 Å². The van der Waals surface area contributed by atoms with E-state index in [4.69, 9.17) is 0 Å². The molecule has 0 aromatic carbocycles. The highest BCUT2D eigenvalue weighted by molar-refractivity contribution is 5.82. The Kier molecular flexibility index (Phi) is 5.64. The minimum Gasteiger partial charge on any atom is -0.341 e. The third-order valence-electron chi connectivity index (χ3n) is 4.48. The molecule has 2 atom stereocenters. The van der Waals surface area contributed by atoms with Gasteiger partial charge in [0.1, 0.15) is 0 Å². The molecular weight excluding hydrogens is 238 g/mol. The summed E-state index contributed by atoms with van der Waals surface area (Å²) < 4.78 is 0. The van der Waals surface area contributed by atoms with Gasteiger partial charge in [0.05, 0.1) is 6.04 Å². The van der Waals surface area contributed by atoms with E-state index >= 15 is 0 Å². The Labute approximate surface area is 117 Å². The first-order valence-corrected chi connectivity index (χ1v) is 7.93. The number of nitrogens with zero attached hydrogens (tertiary/aromatic N) is 2. The van der Waals surface area contributed by atoms with Gasteiger partial charge in [-0.1, -0.05) is 6.92 Å². The second-order valence-corrected chi connectivity index (χ2v) is 6.04. The van der Waals surface area contributed by atoms with E-state index in [1.165, 1.54) is 19.3 Å². The van der Waals surface area contributed by atoms with Gasteiger partial charge in [-0.05, 0) is 64.7 Å². The molecule has 2 unspecified atom stereocenters. The standard InChI is InChI=1S/C15H29N3O/c1-3-8-17-9-5-7-14(17)15(19)18-10-4-6-13(12-18)11-16-2/h13-14,16H,3-12H2,1-2H3. The maximum absolute atomic E-state index is 12.7. The predicted octanol–water partition coefficient (Wildman–Crippen LogP) is 1.32. The maximum atomic E-state index is 12.7. The van der Waals surface area contributed by atoms with Gasteiger partial charge in [-0.3, -0.25) is 9.69 Å². The summed E-state index contributed by atoms with van der Waals surface area (Å²) in [5.74, 6) is 1.04. The summed E-state index contributed by atoms with van der Waals surface area (Å²) in [6, 6.07) is 0.174. The largest absolute Gasteiger partial charge is 0.341 e. The summed E-state index contributed by atoms with van der Waals surface area (Å²) in [6.45, 7) is 7.34. The zero-order valence-electron chi connectivity index (χ0n) is 12.5. The van der Waals surface area contributed by atoms with Crippen LogP contribution in [-0.2, 0) is 4.79 Å². The van der Waals surface area contributed by atoms with E-state index in [1.54, 1.807) is 0 Å². The third-order valence-corrected chi connectivity index (χ3v) is 4.48. The molecule has 0 aromatic heterocycles. The van der Waals surface area contributed by atoms with Crippen LogP contribution in [0.25, 0.3) is 0 Å². The first-order valence-electron chi connectivity index (χ1n) is 7.93. The van der Waals surface area contributed by atoms with Crippen molar-refractivity contribution < 1.29 is 4.79 Å². The Morgan fingerprint density at radius 1 is 1.26 bits per heavy atom. The molecule has 110 valence electrons. The highest BCUT2D eigenvalue weighted by Crippen LogP contribution is 2.23. The minimum atomic E-state index is 0.174. The highest BCUT2D eigenvalue weighted by atomic mass is 16.2. The number of amides is 1. The van der Waals surface area contributed by atoms with Crippen LogP contribution in [-0.4, -0.2) is 61.5 Å². The number of likely N-dealkylation sites (tertiary alicyclic amines) is 2. The van der Waals surface area contributed by atoms with Crippen LogP contribution >= 0.6 is 0 Å². The van der Waals surface area contributed by atoms with E-state index in [0.29, 0.717) is 11.8 Å². The fraction of sp³-hybridized carbons (Fsp3) is 0.933. The molecule has 0 aromatic rings. The molecule has 1 N–H and O–H groups in total. The Morgan fingerprint density at radius 3 is 2.79 bits per heavy atom. The van der Waals surface area contributed by atoms with Crippen molar-refractivity contribution in [3.05, 3.63) is 0 Å². The summed E-state index contributed by atoms with van der Waals surface area (Å²) in [6.07, 6.45) is 5.81. The molecule has 19 heavy (non-hydrogen) atoms. The predicted molar refractivity (Wildman–Crippen MR) is 78.1 cm³/mol. The molecule has 4 heteroatoms. The highest BCUT2D eigenvalue weighted by Gasteiger charge is 2.34. The summed E-state index contributed by atoms with van der Waals surface area (Å²) in [5, 5.41) is 3.25. The molecule has 1 amide bonds. The van der Waals surface area contributed by atoms with Crippen molar-refractivity contribution in [1.82, 2.24) is 15.1 Å². The number of rotatable bonds is 5. The molecule has 0 saturated carbocycles. The normalized spacial score (nSPS) is 28.8. The average Bonchev–Trinajstić information content (AvgIpc) is 2.87. The van der Waals surface area contributed by atoms with Gasteiger partial charge in [-0.2, -0.15) is 0 Å². The summed E-state index contributed by atoms with van der Waals surface area (Å²) >= 11 is 0. The summed E-state index contributed by atoms with van der Waals surface area (Å²) in [5.41, 5.74) is 0. The number of carbonyl (C=O) groups excluding carboxylic acids is 1. The van der Waals surface area contributed by atoms with E-state index < -0.39 is 0 Å².